The smallest absolute Gasteiger partial charge is 0.267 e. The molecule has 3 heterocycles. The van der Waals surface area contributed by atoms with Crippen molar-refractivity contribution in [2.75, 3.05) is 4.90 Å². The molecule has 130 valence electrons. The summed E-state index contributed by atoms with van der Waals surface area (Å²) in [4.78, 5) is 31.5. The molecule has 0 atom stereocenters. The number of nitrogens with one attached hydrogen (secondary N) is 1. The summed E-state index contributed by atoms with van der Waals surface area (Å²) in [6, 6.07) is 16.1. The number of carbonyl (C=O) groups is 2. The van der Waals surface area contributed by atoms with E-state index in [0.717, 1.165) is 10.5 Å². The number of imide groups is 1. The van der Waals surface area contributed by atoms with Gasteiger partial charge in [-0.3, -0.25) is 14.7 Å². The molecule has 2 amide bonds. The van der Waals surface area contributed by atoms with Gasteiger partial charge in [-0.25, -0.2) is 9.88 Å². The highest BCUT2D eigenvalue weighted by Gasteiger charge is 2.40. The summed E-state index contributed by atoms with van der Waals surface area (Å²) in [7, 11) is 0. The zero-order valence-electron chi connectivity index (χ0n) is 13.8. The fraction of sp³-hybridized carbons (Fsp3) is 0. The van der Waals surface area contributed by atoms with E-state index in [9.17, 15) is 9.59 Å². The molecule has 1 aliphatic rings. The van der Waals surface area contributed by atoms with E-state index in [-0.39, 0.29) is 5.56 Å². The molecule has 0 spiro atoms. The molecule has 0 saturated heterocycles. The number of pyridine rings is 1. The molecule has 2 aromatic carbocycles. The summed E-state index contributed by atoms with van der Waals surface area (Å²) < 4.78 is 0. The van der Waals surface area contributed by atoms with E-state index in [1.807, 2.05) is 30.3 Å². The minimum atomic E-state index is -0.424. The Morgan fingerprint density at radius 3 is 2.56 bits per heavy atom. The maximum absolute atomic E-state index is 13.2. The first kappa shape index (κ1) is 15.7. The maximum Gasteiger partial charge on any atom is 0.267 e. The highest BCUT2D eigenvalue weighted by atomic mass is 35.5. The van der Waals surface area contributed by atoms with E-state index in [0.29, 0.717) is 33.0 Å². The first-order valence-corrected chi connectivity index (χ1v) is 8.60. The quantitative estimate of drug-likeness (QED) is 0.536. The lowest BCUT2D eigenvalue weighted by atomic mass is 10.0. The molecule has 0 radical (unpaired) electrons. The van der Waals surface area contributed by atoms with Crippen molar-refractivity contribution in [3.05, 3.63) is 76.9 Å². The Bertz CT molecular complexity index is 1230. The molecule has 5 rings (SSSR count). The SMILES string of the molecule is O=C1c2cnc3n[nH]c(-c4ccccc4)c3c2C(=O)N1c1cccc(Cl)c1. The number of fused-ring (bicyclic) bond motifs is 3. The number of nitrogens with zero attached hydrogens (tertiary/aromatic N) is 3. The van der Waals surface area contributed by atoms with Gasteiger partial charge in [0, 0.05) is 16.8 Å². The number of carbonyl (C=O) groups excluding carboxylic acids is 2. The third kappa shape index (κ3) is 2.27. The van der Waals surface area contributed by atoms with Gasteiger partial charge in [0.15, 0.2) is 5.65 Å². The van der Waals surface area contributed by atoms with Crippen molar-refractivity contribution in [3.63, 3.8) is 0 Å². The first-order valence-electron chi connectivity index (χ1n) is 8.22. The van der Waals surface area contributed by atoms with E-state index in [1.165, 1.54) is 6.20 Å². The molecular weight excluding hydrogens is 364 g/mol. The number of aromatic amines is 1. The van der Waals surface area contributed by atoms with Gasteiger partial charge in [-0.15, -0.1) is 0 Å². The van der Waals surface area contributed by atoms with Gasteiger partial charge in [0.1, 0.15) is 0 Å². The Morgan fingerprint density at radius 2 is 1.78 bits per heavy atom. The van der Waals surface area contributed by atoms with Crippen LogP contribution in [0.3, 0.4) is 0 Å². The molecule has 1 aliphatic heterocycles. The highest BCUT2D eigenvalue weighted by molar-refractivity contribution is 6.38. The summed E-state index contributed by atoms with van der Waals surface area (Å²) in [5.74, 6) is -0.838. The minimum Gasteiger partial charge on any atom is -0.275 e. The number of rotatable bonds is 2. The third-order valence-electron chi connectivity index (χ3n) is 4.56. The van der Waals surface area contributed by atoms with E-state index < -0.39 is 11.8 Å². The molecule has 7 heteroatoms. The van der Waals surface area contributed by atoms with Gasteiger partial charge in [0.2, 0.25) is 0 Å². The lowest BCUT2D eigenvalue weighted by Crippen LogP contribution is -2.29. The second kappa shape index (κ2) is 5.75. The molecule has 0 aliphatic carbocycles. The maximum atomic E-state index is 13.2. The first-order chi connectivity index (χ1) is 13.1. The zero-order chi connectivity index (χ0) is 18.5. The van der Waals surface area contributed by atoms with Crippen LogP contribution >= 0.6 is 11.6 Å². The summed E-state index contributed by atoms with van der Waals surface area (Å²) in [6.45, 7) is 0. The standard InChI is InChI=1S/C20H11ClN4O2/c21-12-7-4-8-13(9-12)25-19(26)14-10-22-18-16(15(14)20(25)27)17(23-24-18)11-5-2-1-3-6-11/h1-10H,(H,22,23,24). The summed E-state index contributed by atoms with van der Waals surface area (Å²) in [5.41, 5.74) is 2.89. The molecule has 0 saturated carbocycles. The van der Waals surface area contributed by atoms with Crippen LogP contribution in [0, 0.1) is 0 Å². The highest BCUT2D eigenvalue weighted by Crippen LogP contribution is 2.36. The number of amides is 2. The monoisotopic (exact) mass is 374 g/mol. The summed E-state index contributed by atoms with van der Waals surface area (Å²) in [6.07, 6.45) is 1.40. The number of H-pyrrole nitrogens is 1. The Hall–Kier alpha value is -3.51. The van der Waals surface area contributed by atoms with Gasteiger partial charge < -0.3 is 0 Å². The summed E-state index contributed by atoms with van der Waals surface area (Å²) >= 11 is 6.04. The van der Waals surface area contributed by atoms with Crippen molar-refractivity contribution < 1.29 is 9.59 Å². The average molecular weight is 375 g/mol. The number of anilines is 1. The predicted octanol–water partition coefficient (Wildman–Crippen LogP) is 4.08. The topological polar surface area (TPSA) is 79.0 Å². The van der Waals surface area contributed by atoms with E-state index in [4.69, 9.17) is 11.6 Å². The summed E-state index contributed by atoms with van der Waals surface area (Å²) in [5, 5.41) is 8.14. The molecule has 0 unspecified atom stereocenters. The van der Waals surface area contributed by atoms with Gasteiger partial charge in [0.25, 0.3) is 11.8 Å². The van der Waals surface area contributed by atoms with E-state index in [2.05, 4.69) is 15.2 Å². The molecule has 1 N–H and O–H groups in total. The predicted molar refractivity (Wildman–Crippen MR) is 102 cm³/mol. The van der Waals surface area contributed by atoms with Crippen LogP contribution in [0.5, 0.6) is 0 Å². The third-order valence-corrected chi connectivity index (χ3v) is 4.80. The number of hydrogen-bond donors (Lipinski definition) is 1. The molecule has 0 fully saturated rings. The Morgan fingerprint density at radius 1 is 0.963 bits per heavy atom. The molecular formula is C20H11ClN4O2. The molecule has 2 aromatic heterocycles. The van der Waals surface area contributed by atoms with E-state index in [1.54, 1.807) is 24.3 Å². The fourth-order valence-electron chi connectivity index (χ4n) is 3.36. The number of hydrogen-bond acceptors (Lipinski definition) is 4. The van der Waals surface area contributed by atoms with E-state index >= 15 is 0 Å². The van der Waals surface area contributed by atoms with Crippen LogP contribution in [0.4, 0.5) is 5.69 Å². The van der Waals surface area contributed by atoms with Gasteiger partial charge in [0.05, 0.1) is 27.9 Å². The lowest BCUT2D eigenvalue weighted by Gasteiger charge is -2.13. The molecule has 27 heavy (non-hydrogen) atoms. The van der Waals surface area contributed by atoms with Crippen LogP contribution in [-0.2, 0) is 0 Å². The van der Waals surface area contributed by atoms with Gasteiger partial charge in [-0.2, -0.15) is 5.10 Å². The zero-order valence-corrected chi connectivity index (χ0v) is 14.6. The second-order valence-corrected chi connectivity index (χ2v) is 6.57. The Labute approximate surface area is 158 Å². The van der Waals surface area contributed by atoms with Crippen LogP contribution in [-0.4, -0.2) is 27.0 Å². The second-order valence-electron chi connectivity index (χ2n) is 6.14. The fourth-order valence-corrected chi connectivity index (χ4v) is 3.54. The van der Waals surface area contributed by atoms with Crippen LogP contribution in [0.2, 0.25) is 5.02 Å². The van der Waals surface area contributed by atoms with Crippen LogP contribution in [0.25, 0.3) is 22.3 Å². The Balaban J connectivity index is 1.75. The van der Waals surface area contributed by atoms with Crippen LogP contribution in [0.15, 0.2) is 60.8 Å². The van der Waals surface area contributed by atoms with Gasteiger partial charge >= 0.3 is 0 Å². The minimum absolute atomic E-state index is 0.256. The van der Waals surface area contributed by atoms with Gasteiger partial charge in [-0.05, 0) is 18.2 Å². The average Bonchev–Trinajstić information content (AvgIpc) is 3.22. The number of aromatic nitrogens is 3. The van der Waals surface area contributed by atoms with Crippen molar-refractivity contribution in [2.45, 2.75) is 0 Å². The van der Waals surface area contributed by atoms with Gasteiger partial charge in [-0.1, -0.05) is 48.0 Å². The molecule has 4 aromatic rings. The normalized spacial score (nSPS) is 13.4. The van der Waals surface area contributed by atoms with Crippen molar-refractivity contribution in [1.82, 2.24) is 15.2 Å². The van der Waals surface area contributed by atoms with Crippen molar-refractivity contribution in [1.29, 1.82) is 0 Å². The Kier molecular flexibility index (Phi) is 3.35. The van der Waals surface area contributed by atoms with Crippen molar-refractivity contribution >= 4 is 40.1 Å². The number of benzene rings is 2. The molecule has 6 nitrogen and oxygen atoms in total. The van der Waals surface area contributed by atoms with Crippen molar-refractivity contribution in [2.24, 2.45) is 0 Å². The largest absolute Gasteiger partial charge is 0.275 e. The van der Waals surface area contributed by atoms with Crippen molar-refractivity contribution in [3.8, 4) is 11.3 Å². The molecule has 0 bridgehead atoms. The number of halogens is 1. The van der Waals surface area contributed by atoms with Crippen LogP contribution < -0.4 is 4.90 Å². The lowest BCUT2D eigenvalue weighted by molar-refractivity contribution is 0.0926. The van der Waals surface area contributed by atoms with Crippen LogP contribution in [0.1, 0.15) is 20.7 Å².